The van der Waals surface area contributed by atoms with Gasteiger partial charge in [-0.3, -0.25) is 0 Å². The van der Waals surface area contributed by atoms with Crippen LogP contribution in [0, 0.1) is 0 Å². The number of rotatable bonds is 5. The smallest absolute Gasteiger partial charge is 0.0822 e. The molecule has 5 aliphatic heterocycles. The van der Waals surface area contributed by atoms with Gasteiger partial charge in [0.1, 0.15) is 0 Å². The molecule has 0 aromatic heterocycles. The molecule has 4 nitrogen and oxygen atoms in total. The standard InChI is InChI=1S/C46H30N4/c1-2-38-39-28-36-25-23-34(47-36)27-35-24-26-37(48-35)29-40-42(31-17-9-4-10-18-31)43(32-19-11-5-12-20-32)46(50-40)44(33-21-13-6-14-22-33)45(49-39)41(38)30-15-7-3-8-16-30/h2-29H,1H2. The van der Waals surface area contributed by atoms with Gasteiger partial charge in [-0.2, -0.15) is 0 Å². The van der Waals surface area contributed by atoms with Crippen LogP contribution in [0.25, 0.3) is 22.3 Å². The molecule has 4 heteroatoms. The van der Waals surface area contributed by atoms with E-state index in [1.807, 2.05) is 60.7 Å². The van der Waals surface area contributed by atoms with Crippen molar-refractivity contribution in [2.24, 2.45) is 20.0 Å². The van der Waals surface area contributed by atoms with Crippen LogP contribution in [0.3, 0.4) is 0 Å². The van der Waals surface area contributed by atoms with Crippen LogP contribution in [0.15, 0.2) is 225 Å². The van der Waals surface area contributed by atoms with Gasteiger partial charge in [0, 0.05) is 27.9 Å². The highest BCUT2D eigenvalue weighted by molar-refractivity contribution is 6.51. The number of fused-ring (bicyclic) bond motifs is 4. The Bertz CT molecular complexity index is 2470. The number of aliphatic imine (C=N–C) groups is 4. The average Bonchev–Trinajstić information content (AvgIpc) is 3.96. The van der Waals surface area contributed by atoms with Crippen LogP contribution in [0.2, 0.25) is 0 Å². The second-order valence-electron chi connectivity index (χ2n) is 12.3. The molecule has 50 heavy (non-hydrogen) atoms. The third kappa shape index (κ3) is 5.20. The van der Waals surface area contributed by atoms with E-state index in [2.05, 4.69) is 116 Å². The maximum atomic E-state index is 5.59. The maximum Gasteiger partial charge on any atom is 0.0822 e. The summed E-state index contributed by atoms with van der Waals surface area (Å²) in [5.74, 6) is 0. The Morgan fingerprint density at radius 3 is 1.46 bits per heavy atom. The minimum absolute atomic E-state index is 0.802. The summed E-state index contributed by atoms with van der Waals surface area (Å²) in [6.45, 7) is 4.30. The number of benzene rings is 4. The Morgan fingerprint density at radius 1 is 0.420 bits per heavy atom. The molecule has 0 aliphatic carbocycles. The van der Waals surface area contributed by atoms with Gasteiger partial charge in [0.25, 0.3) is 0 Å². The van der Waals surface area contributed by atoms with Crippen molar-refractivity contribution in [1.82, 2.24) is 0 Å². The lowest BCUT2D eigenvalue weighted by molar-refractivity contribution is 1.39. The summed E-state index contributed by atoms with van der Waals surface area (Å²) in [4.78, 5) is 21.0. The Balaban J connectivity index is 1.46. The number of hydrogen-bond donors (Lipinski definition) is 0. The zero-order valence-corrected chi connectivity index (χ0v) is 27.2. The molecule has 0 spiro atoms. The SMILES string of the molecule is C=CC1=C(c2ccccc2)C2=NC1=CC1=NC(=CC3=NC(=CC4=NC(=C2c2ccccc2)C(c2ccccc2)=C4c2ccccc2)C=C3)C=C1. The van der Waals surface area contributed by atoms with Crippen molar-refractivity contribution in [3.05, 3.63) is 227 Å². The van der Waals surface area contributed by atoms with Crippen LogP contribution in [0.4, 0.5) is 0 Å². The van der Waals surface area contributed by atoms with E-state index in [0.29, 0.717) is 0 Å². The van der Waals surface area contributed by atoms with E-state index in [-0.39, 0.29) is 0 Å². The summed E-state index contributed by atoms with van der Waals surface area (Å²) in [6.07, 6.45) is 16.2. The van der Waals surface area contributed by atoms with Gasteiger partial charge >= 0.3 is 0 Å². The minimum atomic E-state index is 0.802. The van der Waals surface area contributed by atoms with Crippen LogP contribution in [0.1, 0.15) is 22.3 Å². The molecule has 9 rings (SSSR count). The molecule has 4 aromatic carbocycles. The lowest BCUT2D eigenvalue weighted by atomic mass is 9.85. The van der Waals surface area contributed by atoms with Crippen molar-refractivity contribution < 1.29 is 0 Å². The zero-order chi connectivity index (χ0) is 33.4. The van der Waals surface area contributed by atoms with Crippen molar-refractivity contribution in [1.29, 1.82) is 0 Å². The van der Waals surface area contributed by atoms with Gasteiger partial charge in [-0.15, -0.1) is 0 Å². The van der Waals surface area contributed by atoms with Crippen molar-refractivity contribution >= 4 is 45.1 Å². The molecular formula is C46H30N4. The van der Waals surface area contributed by atoms with Crippen molar-refractivity contribution in [2.45, 2.75) is 0 Å². The van der Waals surface area contributed by atoms with E-state index in [9.17, 15) is 0 Å². The third-order valence-corrected chi connectivity index (χ3v) is 9.15. The van der Waals surface area contributed by atoms with Crippen LogP contribution in [-0.2, 0) is 0 Å². The molecule has 0 radical (unpaired) electrons. The highest BCUT2D eigenvalue weighted by atomic mass is 14.9. The summed E-state index contributed by atoms with van der Waals surface area (Å²) >= 11 is 0. The molecule has 234 valence electrons. The van der Waals surface area contributed by atoms with Crippen molar-refractivity contribution in [3.8, 4) is 0 Å². The number of nitrogens with zero attached hydrogens (tertiary/aromatic N) is 4. The zero-order valence-electron chi connectivity index (χ0n) is 27.2. The largest absolute Gasteiger partial charge is 0.249 e. The first-order valence-corrected chi connectivity index (χ1v) is 16.7. The molecular weight excluding hydrogens is 609 g/mol. The lowest BCUT2D eigenvalue weighted by Gasteiger charge is -2.17. The fraction of sp³-hybridized carbons (Fsp3) is 0. The second-order valence-corrected chi connectivity index (χ2v) is 12.3. The molecule has 0 N–H and O–H groups in total. The first kappa shape index (κ1) is 29.4. The van der Waals surface area contributed by atoms with E-state index >= 15 is 0 Å². The Hall–Kier alpha value is -6.78. The Morgan fingerprint density at radius 2 is 0.900 bits per heavy atom. The average molecular weight is 639 g/mol. The highest BCUT2D eigenvalue weighted by Gasteiger charge is 2.34. The van der Waals surface area contributed by atoms with Gasteiger partial charge in [-0.1, -0.05) is 134 Å². The summed E-state index contributed by atoms with van der Waals surface area (Å²) in [7, 11) is 0. The van der Waals surface area contributed by atoms with Gasteiger partial charge in [0.15, 0.2) is 0 Å². The minimum Gasteiger partial charge on any atom is -0.249 e. The number of hydrogen-bond acceptors (Lipinski definition) is 4. The fourth-order valence-electron chi connectivity index (χ4n) is 6.97. The second kappa shape index (κ2) is 12.3. The summed E-state index contributed by atoms with van der Waals surface area (Å²) in [5.41, 5.74) is 15.8. The van der Waals surface area contributed by atoms with Crippen molar-refractivity contribution in [2.75, 3.05) is 0 Å². The maximum absolute atomic E-state index is 5.59. The normalized spacial score (nSPS) is 17.7. The van der Waals surface area contributed by atoms with Gasteiger partial charge < -0.3 is 0 Å². The Labute approximate surface area is 291 Å². The van der Waals surface area contributed by atoms with Gasteiger partial charge in [0.2, 0.25) is 0 Å². The highest BCUT2D eigenvalue weighted by Crippen LogP contribution is 2.47. The van der Waals surface area contributed by atoms with E-state index in [4.69, 9.17) is 20.0 Å². The van der Waals surface area contributed by atoms with Crippen LogP contribution >= 0.6 is 0 Å². The molecule has 0 saturated carbocycles. The molecule has 0 fully saturated rings. The molecule has 0 amide bonds. The molecule has 0 unspecified atom stereocenters. The summed E-state index contributed by atoms with van der Waals surface area (Å²) in [5, 5.41) is 0. The fourth-order valence-corrected chi connectivity index (χ4v) is 6.97. The predicted molar refractivity (Wildman–Crippen MR) is 209 cm³/mol. The van der Waals surface area contributed by atoms with E-state index in [1.54, 1.807) is 0 Å². The molecule has 5 aliphatic rings. The predicted octanol–water partition coefficient (Wildman–Crippen LogP) is 10.2. The monoisotopic (exact) mass is 638 g/mol. The third-order valence-electron chi connectivity index (χ3n) is 9.15. The van der Waals surface area contributed by atoms with E-state index in [0.717, 1.165) is 95.8 Å². The first-order chi connectivity index (χ1) is 24.7. The molecule has 0 saturated heterocycles. The van der Waals surface area contributed by atoms with E-state index in [1.165, 1.54) is 0 Å². The van der Waals surface area contributed by atoms with Gasteiger partial charge in [-0.25, -0.2) is 20.0 Å². The van der Waals surface area contributed by atoms with Crippen LogP contribution in [0.5, 0.6) is 0 Å². The Kier molecular flexibility index (Phi) is 7.25. The van der Waals surface area contributed by atoms with Gasteiger partial charge in [0.05, 0.1) is 45.6 Å². The summed E-state index contributed by atoms with van der Waals surface area (Å²) < 4.78 is 0. The summed E-state index contributed by atoms with van der Waals surface area (Å²) in [6, 6.07) is 42.0. The van der Waals surface area contributed by atoms with Crippen LogP contribution < -0.4 is 0 Å². The quantitative estimate of drug-likeness (QED) is 0.209. The van der Waals surface area contributed by atoms with Gasteiger partial charge in [-0.05, 0) is 64.8 Å². The van der Waals surface area contributed by atoms with E-state index < -0.39 is 0 Å². The van der Waals surface area contributed by atoms with Crippen molar-refractivity contribution in [3.63, 3.8) is 0 Å². The molecule has 4 aromatic rings. The molecule has 5 heterocycles. The topological polar surface area (TPSA) is 49.4 Å². The first-order valence-electron chi connectivity index (χ1n) is 16.7. The molecule has 8 bridgehead atoms. The number of allylic oxidation sites excluding steroid dienone is 12. The lowest BCUT2D eigenvalue weighted by Crippen LogP contribution is -2.07. The molecule has 0 atom stereocenters. The van der Waals surface area contributed by atoms with Crippen LogP contribution in [-0.4, -0.2) is 22.8 Å².